The Morgan fingerprint density at radius 1 is 0.842 bits per heavy atom. The first kappa shape index (κ1) is 28.8. The van der Waals surface area contributed by atoms with E-state index in [1.807, 2.05) is 0 Å². The molecule has 38 heavy (non-hydrogen) atoms. The highest BCUT2D eigenvalue weighted by atomic mass is 28.3. The van der Waals surface area contributed by atoms with E-state index < -0.39 is 0 Å². The number of fused-ring (bicyclic) bond motifs is 5. The van der Waals surface area contributed by atoms with Gasteiger partial charge < -0.3 is 4.74 Å². The van der Waals surface area contributed by atoms with E-state index in [2.05, 4.69) is 72.0 Å². The summed E-state index contributed by atoms with van der Waals surface area (Å²) in [5, 5.41) is 0. The topological polar surface area (TPSA) is 9.23 Å². The summed E-state index contributed by atoms with van der Waals surface area (Å²) in [5.74, 6) is 7.68. The highest BCUT2D eigenvalue weighted by Crippen LogP contribution is 2.68. The van der Waals surface area contributed by atoms with Gasteiger partial charge in [-0.25, -0.2) is 0 Å². The first-order chi connectivity index (χ1) is 18.1. The van der Waals surface area contributed by atoms with E-state index >= 15 is 0 Å². The zero-order chi connectivity index (χ0) is 27.1. The minimum atomic E-state index is -0.220. The minimum absolute atomic E-state index is 0.220. The van der Waals surface area contributed by atoms with Crippen molar-refractivity contribution in [3.05, 3.63) is 29.8 Å². The minimum Gasteiger partial charge on any atom is -0.490 e. The van der Waals surface area contributed by atoms with Crippen molar-refractivity contribution >= 4 is 8.80 Å². The Bertz CT molecular complexity index is 906. The van der Waals surface area contributed by atoms with Gasteiger partial charge in [-0.3, -0.25) is 0 Å². The second-order valence-electron chi connectivity index (χ2n) is 15.7. The molecule has 1 nitrogen and oxygen atoms in total. The lowest BCUT2D eigenvalue weighted by atomic mass is 9.44. The van der Waals surface area contributed by atoms with Crippen LogP contribution >= 0.6 is 0 Å². The summed E-state index contributed by atoms with van der Waals surface area (Å²) in [6, 6.07) is 10.4. The third kappa shape index (κ3) is 5.69. The maximum Gasteiger partial charge on any atom is 0.119 e. The fourth-order valence-corrected chi connectivity index (χ4v) is 11.7. The second-order valence-corrected chi connectivity index (χ2v) is 18.5. The molecule has 0 heterocycles. The van der Waals surface area contributed by atoms with Crippen LogP contribution in [0.4, 0.5) is 0 Å². The maximum absolute atomic E-state index is 6.63. The fraction of sp³-hybridized carbons (Fsp3) is 0.833. The van der Waals surface area contributed by atoms with Crippen LogP contribution in [0, 0.1) is 52.3 Å². The molecule has 0 aromatic heterocycles. The van der Waals surface area contributed by atoms with Crippen molar-refractivity contribution in [1.82, 2.24) is 0 Å². The predicted octanol–water partition coefficient (Wildman–Crippen LogP) is 10.4. The first-order valence-corrected chi connectivity index (χ1v) is 19.4. The Morgan fingerprint density at radius 3 is 2.26 bits per heavy atom. The van der Waals surface area contributed by atoms with Crippen LogP contribution in [-0.4, -0.2) is 14.9 Å². The summed E-state index contributed by atoms with van der Waals surface area (Å²) < 4.78 is 6.63. The fourth-order valence-electron chi connectivity index (χ4n) is 10.6. The van der Waals surface area contributed by atoms with Crippen molar-refractivity contribution in [1.29, 1.82) is 0 Å². The van der Waals surface area contributed by atoms with Gasteiger partial charge in [-0.15, -0.1) is 0 Å². The van der Waals surface area contributed by atoms with Gasteiger partial charge in [-0.2, -0.15) is 0 Å². The molecular formula is C36H59OSi. The molecule has 213 valence electrons. The van der Waals surface area contributed by atoms with Gasteiger partial charge in [0.2, 0.25) is 0 Å². The van der Waals surface area contributed by atoms with Crippen LogP contribution in [0.1, 0.15) is 117 Å². The molecule has 1 aromatic carbocycles. The van der Waals surface area contributed by atoms with Gasteiger partial charge in [0.15, 0.2) is 0 Å². The van der Waals surface area contributed by atoms with Gasteiger partial charge in [0.25, 0.3) is 0 Å². The van der Waals surface area contributed by atoms with Crippen LogP contribution in [-0.2, 0) is 6.04 Å². The number of rotatable bonds is 9. The van der Waals surface area contributed by atoms with E-state index in [1.165, 1.54) is 88.7 Å². The Balaban J connectivity index is 1.20. The molecule has 2 heteroatoms. The summed E-state index contributed by atoms with van der Waals surface area (Å²) in [7, 11) is -0.220. The van der Waals surface area contributed by atoms with Gasteiger partial charge in [0.1, 0.15) is 5.75 Å². The van der Waals surface area contributed by atoms with Crippen LogP contribution < -0.4 is 4.74 Å². The molecule has 5 rings (SSSR count). The van der Waals surface area contributed by atoms with Crippen molar-refractivity contribution in [2.75, 3.05) is 0 Å². The molecule has 4 aliphatic carbocycles. The Kier molecular flexibility index (Phi) is 8.79. The third-order valence-corrected chi connectivity index (χ3v) is 13.7. The highest BCUT2D eigenvalue weighted by molar-refractivity contribution is 6.55. The van der Waals surface area contributed by atoms with E-state index in [0.717, 1.165) is 47.2 Å². The van der Waals surface area contributed by atoms with Crippen molar-refractivity contribution in [3.63, 3.8) is 0 Å². The molecule has 4 aliphatic rings. The molecule has 1 aromatic rings. The van der Waals surface area contributed by atoms with Crippen LogP contribution in [0.25, 0.3) is 0 Å². The summed E-state index contributed by atoms with van der Waals surface area (Å²) in [5.41, 5.74) is 2.65. The van der Waals surface area contributed by atoms with Gasteiger partial charge >= 0.3 is 0 Å². The van der Waals surface area contributed by atoms with E-state index in [9.17, 15) is 0 Å². The average Bonchev–Trinajstić information content (AvgIpc) is 3.22. The molecule has 0 spiro atoms. The standard InChI is InChI=1S/C36H59OSi/c1-25(2)9-8-10-26(3)32-17-18-33-31-16-13-28-23-30(37-29-14-11-27(12-15-29)24-38(6)7)19-21-35(28,4)34(31)20-22-36(32,33)5/h11-12,14-15,25-26,28,30-34H,8-10,13,16-24H2,1-7H3/t26-,28+,30-,31+,32?,33+,34+,35+,36-/m1/s1. The van der Waals surface area contributed by atoms with Crippen molar-refractivity contribution in [2.45, 2.75) is 137 Å². The quantitative estimate of drug-likeness (QED) is 0.286. The largest absolute Gasteiger partial charge is 0.490 e. The third-order valence-electron chi connectivity index (χ3n) is 12.6. The second kappa shape index (κ2) is 11.6. The molecule has 4 saturated carbocycles. The molecule has 4 fully saturated rings. The summed E-state index contributed by atoms with van der Waals surface area (Å²) in [6.07, 6.45) is 17.7. The highest BCUT2D eigenvalue weighted by Gasteiger charge is 2.60. The predicted molar refractivity (Wildman–Crippen MR) is 165 cm³/mol. The van der Waals surface area contributed by atoms with E-state index in [4.69, 9.17) is 4.74 Å². The molecule has 1 radical (unpaired) electrons. The summed E-state index contributed by atoms with van der Waals surface area (Å²) in [4.78, 5) is 0. The molecule has 0 N–H and O–H groups in total. The summed E-state index contributed by atoms with van der Waals surface area (Å²) in [6.45, 7) is 17.7. The van der Waals surface area contributed by atoms with Gasteiger partial charge in [-0.05, 0) is 128 Å². The number of hydrogen-bond acceptors (Lipinski definition) is 1. The van der Waals surface area contributed by atoms with E-state index in [1.54, 1.807) is 0 Å². The molecule has 0 amide bonds. The van der Waals surface area contributed by atoms with Crippen molar-refractivity contribution in [3.8, 4) is 5.75 Å². The van der Waals surface area contributed by atoms with Crippen LogP contribution in [0.5, 0.6) is 5.75 Å². The van der Waals surface area contributed by atoms with Crippen molar-refractivity contribution < 1.29 is 4.74 Å². The number of ether oxygens (including phenoxy) is 1. The molecule has 9 atom stereocenters. The number of hydrogen-bond donors (Lipinski definition) is 0. The lowest BCUT2D eigenvalue weighted by molar-refractivity contribution is -0.126. The molecular weight excluding hydrogens is 476 g/mol. The SMILES string of the molecule is CC(C)CCC[C@@H](C)C1CC[C@H]2[C@@H]3CC[C@H]4C[C@H](Oc5ccc(C[Si](C)C)cc5)CC[C@]4(C)[C@H]3CC[C@]12C. The van der Waals surface area contributed by atoms with Crippen LogP contribution in [0.15, 0.2) is 24.3 Å². The average molecular weight is 536 g/mol. The molecule has 0 saturated heterocycles. The first-order valence-electron chi connectivity index (χ1n) is 16.6. The molecule has 1 unspecified atom stereocenters. The van der Waals surface area contributed by atoms with Crippen molar-refractivity contribution in [2.24, 2.45) is 52.3 Å². The molecule has 0 aliphatic heterocycles. The summed E-state index contributed by atoms with van der Waals surface area (Å²) >= 11 is 0. The monoisotopic (exact) mass is 535 g/mol. The van der Waals surface area contributed by atoms with Gasteiger partial charge in [-0.1, -0.05) is 84.7 Å². The maximum atomic E-state index is 6.63. The smallest absolute Gasteiger partial charge is 0.119 e. The van der Waals surface area contributed by atoms with Crippen LogP contribution in [0.2, 0.25) is 13.1 Å². The Morgan fingerprint density at radius 2 is 1.55 bits per heavy atom. The van der Waals surface area contributed by atoms with Gasteiger partial charge in [0.05, 0.1) is 6.10 Å². The lowest BCUT2D eigenvalue weighted by Gasteiger charge is -2.61. The lowest BCUT2D eigenvalue weighted by Crippen LogP contribution is -2.54. The zero-order valence-corrected chi connectivity index (χ0v) is 27.0. The van der Waals surface area contributed by atoms with Gasteiger partial charge in [0, 0.05) is 8.80 Å². The normalized spacial score (nSPS) is 39.5. The van der Waals surface area contributed by atoms with Crippen LogP contribution in [0.3, 0.4) is 0 Å². The van der Waals surface area contributed by atoms with E-state index in [0.29, 0.717) is 16.9 Å². The zero-order valence-electron chi connectivity index (χ0n) is 26.0. The Hall–Kier alpha value is -0.763. The molecule has 0 bridgehead atoms. The number of benzene rings is 1. The Labute approximate surface area is 237 Å². The van der Waals surface area contributed by atoms with E-state index in [-0.39, 0.29) is 8.80 Å².